The van der Waals surface area contributed by atoms with Crippen molar-refractivity contribution in [1.82, 2.24) is 0 Å². The van der Waals surface area contributed by atoms with Crippen LogP contribution in [0.2, 0.25) is 0 Å². The highest BCUT2D eigenvalue weighted by molar-refractivity contribution is 5.82. The maximum Gasteiger partial charge on any atom is 0.138 e. The summed E-state index contributed by atoms with van der Waals surface area (Å²) in [5.41, 5.74) is 0. The number of hydrogen-bond donors (Lipinski definition) is 1. The Labute approximate surface area is 86.7 Å². The number of aliphatic hydroxyl groups is 1. The molecule has 0 saturated heterocycles. The molecule has 0 amide bonds. The predicted molar refractivity (Wildman–Crippen MR) is 57.1 cm³/mol. The van der Waals surface area contributed by atoms with Crippen molar-refractivity contribution in [2.75, 3.05) is 0 Å². The third kappa shape index (κ3) is 3.79. The summed E-state index contributed by atoms with van der Waals surface area (Å²) in [6, 6.07) is 0. The number of carbonyl (C=O) groups is 1. The first kappa shape index (κ1) is 11.7. The number of hydrogen-bond acceptors (Lipinski definition) is 2. The number of rotatable bonds is 5. The summed E-state index contributed by atoms with van der Waals surface area (Å²) in [5, 5.41) is 9.29. The molecule has 1 aliphatic rings. The van der Waals surface area contributed by atoms with Gasteiger partial charge in [0.15, 0.2) is 0 Å². The molecule has 1 fully saturated rings. The van der Waals surface area contributed by atoms with E-state index in [4.69, 9.17) is 0 Å². The molecule has 1 saturated carbocycles. The highest BCUT2D eigenvalue weighted by atomic mass is 16.3. The van der Waals surface area contributed by atoms with E-state index in [1.807, 2.05) is 0 Å². The van der Waals surface area contributed by atoms with Crippen LogP contribution in [-0.4, -0.2) is 17.0 Å². The van der Waals surface area contributed by atoms with Gasteiger partial charge in [-0.1, -0.05) is 32.6 Å². The summed E-state index contributed by atoms with van der Waals surface area (Å²) in [7, 11) is 0. The molecular formula is C12H22O2. The van der Waals surface area contributed by atoms with Gasteiger partial charge in [0.05, 0.1) is 6.10 Å². The number of Topliss-reactive ketones (excluding diaryl/α,β-unsaturated/α-hetero) is 1. The Kier molecular flexibility index (Phi) is 5.16. The fourth-order valence-electron chi connectivity index (χ4n) is 2.18. The van der Waals surface area contributed by atoms with E-state index in [2.05, 4.69) is 6.92 Å². The van der Waals surface area contributed by atoms with E-state index in [1.165, 1.54) is 25.7 Å². The summed E-state index contributed by atoms with van der Waals surface area (Å²) in [5.74, 6) is 0.551. The molecule has 1 aliphatic carbocycles. The topological polar surface area (TPSA) is 37.3 Å². The van der Waals surface area contributed by atoms with Gasteiger partial charge in [0.25, 0.3) is 0 Å². The Balaban J connectivity index is 2.14. The normalized spacial score (nSPS) is 28.0. The van der Waals surface area contributed by atoms with Crippen molar-refractivity contribution in [1.29, 1.82) is 0 Å². The van der Waals surface area contributed by atoms with Gasteiger partial charge in [-0.3, -0.25) is 4.79 Å². The van der Waals surface area contributed by atoms with Crippen molar-refractivity contribution >= 4 is 5.78 Å². The lowest BCUT2D eigenvalue weighted by Crippen LogP contribution is -2.27. The van der Waals surface area contributed by atoms with Crippen LogP contribution < -0.4 is 0 Å². The van der Waals surface area contributed by atoms with E-state index in [-0.39, 0.29) is 12.0 Å². The maximum atomic E-state index is 11.5. The molecule has 0 aliphatic heterocycles. The van der Waals surface area contributed by atoms with Crippen molar-refractivity contribution in [2.24, 2.45) is 5.92 Å². The van der Waals surface area contributed by atoms with E-state index < -0.39 is 0 Å². The lowest BCUT2D eigenvalue weighted by atomic mass is 9.83. The molecule has 14 heavy (non-hydrogen) atoms. The molecule has 82 valence electrons. The molecule has 0 spiro atoms. The second-order valence-electron chi connectivity index (χ2n) is 4.45. The fraction of sp³-hybridized carbons (Fsp3) is 0.917. The quantitative estimate of drug-likeness (QED) is 0.690. The summed E-state index contributed by atoms with van der Waals surface area (Å²) in [4.78, 5) is 11.5. The molecule has 2 unspecified atom stereocenters. The molecule has 0 heterocycles. The third-order valence-corrected chi connectivity index (χ3v) is 3.15. The smallest absolute Gasteiger partial charge is 0.138 e. The van der Waals surface area contributed by atoms with Crippen LogP contribution in [0.25, 0.3) is 0 Å². The molecule has 0 aromatic carbocycles. The molecule has 2 heteroatoms. The summed E-state index contributed by atoms with van der Waals surface area (Å²) in [6.45, 7) is 2.20. The van der Waals surface area contributed by atoms with Gasteiger partial charge < -0.3 is 5.11 Å². The van der Waals surface area contributed by atoms with Gasteiger partial charge in [-0.05, 0) is 19.3 Å². The number of unbranched alkanes of at least 4 members (excludes halogenated alkanes) is 3. The van der Waals surface area contributed by atoms with Crippen LogP contribution in [0.4, 0.5) is 0 Å². The summed E-state index contributed by atoms with van der Waals surface area (Å²) < 4.78 is 0. The van der Waals surface area contributed by atoms with Crippen molar-refractivity contribution in [3.05, 3.63) is 0 Å². The SMILES string of the molecule is CCCCCCC1CCC(O)CC1=O. The molecule has 0 aromatic heterocycles. The lowest BCUT2D eigenvalue weighted by molar-refractivity contribution is -0.127. The van der Waals surface area contributed by atoms with Crippen LogP contribution in [0.15, 0.2) is 0 Å². The minimum atomic E-state index is -0.352. The molecule has 1 N–H and O–H groups in total. The standard InChI is InChI=1S/C12H22O2/c1-2-3-4-5-6-10-7-8-11(13)9-12(10)14/h10-11,13H,2-9H2,1H3. The second-order valence-corrected chi connectivity index (χ2v) is 4.45. The molecule has 2 atom stereocenters. The minimum absolute atomic E-state index is 0.259. The van der Waals surface area contributed by atoms with Crippen molar-refractivity contribution in [3.63, 3.8) is 0 Å². The van der Waals surface area contributed by atoms with Crippen LogP contribution in [0.5, 0.6) is 0 Å². The Morgan fingerprint density at radius 3 is 2.71 bits per heavy atom. The third-order valence-electron chi connectivity index (χ3n) is 3.15. The monoisotopic (exact) mass is 198 g/mol. The summed E-state index contributed by atoms with van der Waals surface area (Å²) >= 11 is 0. The fourth-order valence-corrected chi connectivity index (χ4v) is 2.18. The van der Waals surface area contributed by atoms with Crippen LogP contribution >= 0.6 is 0 Å². The van der Waals surface area contributed by atoms with Crippen LogP contribution in [0.1, 0.15) is 58.3 Å². The van der Waals surface area contributed by atoms with Gasteiger partial charge in [-0.25, -0.2) is 0 Å². The Morgan fingerprint density at radius 2 is 2.07 bits per heavy atom. The predicted octanol–water partition coefficient (Wildman–Crippen LogP) is 2.69. The zero-order valence-electron chi connectivity index (χ0n) is 9.17. The zero-order valence-corrected chi connectivity index (χ0v) is 9.17. The highest BCUT2D eigenvalue weighted by Gasteiger charge is 2.26. The molecule has 0 radical (unpaired) electrons. The largest absolute Gasteiger partial charge is 0.393 e. The van der Waals surface area contributed by atoms with Gasteiger partial charge in [0.1, 0.15) is 5.78 Å². The first-order chi connectivity index (χ1) is 6.74. The van der Waals surface area contributed by atoms with E-state index in [0.29, 0.717) is 12.2 Å². The number of aliphatic hydroxyl groups excluding tert-OH is 1. The number of ketones is 1. The van der Waals surface area contributed by atoms with E-state index >= 15 is 0 Å². The van der Waals surface area contributed by atoms with Crippen molar-refractivity contribution in [2.45, 2.75) is 64.4 Å². The Hall–Kier alpha value is -0.370. The molecule has 1 rings (SSSR count). The Morgan fingerprint density at radius 1 is 1.29 bits per heavy atom. The van der Waals surface area contributed by atoms with Gasteiger partial charge >= 0.3 is 0 Å². The Bertz CT molecular complexity index is 177. The summed E-state index contributed by atoms with van der Waals surface area (Å²) in [6.07, 6.45) is 7.79. The maximum absolute atomic E-state index is 11.5. The van der Waals surface area contributed by atoms with Crippen molar-refractivity contribution < 1.29 is 9.90 Å². The molecule has 2 nitrogen and oxygen atoms in total. The average molecular weight is 198 g/mol. The number of carbonyl (C=O) groups excluding carboxylic acids is 1. The van der Waals surface area contributed by atoms with E-state index in [9.17, 15) is 9.90 Å². The average Bonchev–Trinajstić information content (AvgIpc) is 2.15. The first-order valence-electron chi connectivity index (χ1n) is 5.94. The van der Waals surface area contributed by atoms with Gasteiger partial charge in [-0.2, -0.15) is 0 Å². The van der Waals surface area contributed by atoms with Crippen molar-refractivity contribution in [3.8, 4) is 0 Å². The van der Waals surface area contributed by atoms with Gasteiger partial charge in [0.2, 0.25) is 0 Å². The van der Waals surface area contributed by atoms with Crippen LogP contribution in [0.3, 0.4) is 0 Å². The van der Waals surface area contributed by atoms with Crippen LogP contribution in [0, 0.1) is 5.92 Å². The highest BCUT2D eigenvalue weighted by Crippen LogP contribution is 2.25. The second kappa shape index (κ2) is 6.18. The van der Waals surface area contributed by atoms with E-state index in [0.717, 1.165) is 19.3 Å². The van der Waals surface area contributed by atoms with Crippen LogP contribution in [-0.2, 0) is 4.79 Å². The molecule has 0 bridgehead atoms. The lowest BCUT2D eigenvalue weighted by Gasteiger charge is -2.23. The van der Waals surface area contributed by atoms with E-state index in [1.54, 1.807) is 0 Å². The zero-order chi connectivity index (χ0) is 10.4. The molecule has 0 aromatic rings. The van der Waals surface area contributed by atoms with Gasteiger partial charge in [-0.15, -0.1) is 0 Å². The van der Waals surface area contributed by atoms with Gasteiger partial charge in [0, 0.05) is 12.3 Å². The molecular weight excluding hydrogens is 176 g/mol. The minimum Gasteiger partial charge on any atom is -0.393 e. The first-order valence-corrected chi connectivity index (χ1v) is 5.94.